The van der Waals surface area contributed by atoms with Gasteiger partial charge in [0.25, 0.3) is 0 Å². The SMILES string of the molecule is CCc1nn(C)c(NCC2C(C)(C)C2(C)C)c1N. The molecule has 1 aliphatic carbocycles. The molecule has 102 valence electrons. The standard InChI is InChI=1S/C14H26N4/c1-7-9-11(15)12(18(6)17-9)16-8-10-13(2,3)14(10,4)5/h10,16H,7-8,15H2,1-6H3. The maximum atomic E-state index is 6.11. The van der Waals surface area contributed by atoms with Crippen LogP contribution in [0, 0.1) is 16.7 Å². The van der Waals surface area contributed by atoms with Gasteiger partial charge in [0.05, 0.1) is 11.4 Å². The maximum Gasteiger partial charge on any atom is 0.147 e. The lowest BCUT2D eigenvalue weighted by molar-refractivity contribution is 0.457. The average molecular weight is 250 g/mol. The molecule has 1 aromatic heterocycles. The lowest BCUT2D eigenvalue weighted by atomic mass is 10.0. The number of nitrogen functional groups attached to an aromatic ring is 1. The molecule has 0 unspecified atom stereocenters. The number of nitrogens with two attached hydrogens (primary N) is 1. The van der Waals surface area contributed by atoms with E-state index in [-0.39, 0.29) is 0 Å². The number of nitrogens with zero attached hydrogens (tertiary/aromatic N) is 2. The van der Waals surface area contributed by atoms with Crippen LogP contribution in [0.5, 0.6) is 0 Å². The van der Waals surface area contributed by atoms with Crippen LogP contribution in [0.1, 0.15) is 40.3 Å². The Morgan fingerprint density at radius 3 is 2.22 bits per heavy atom. The van der Waals surface area contributed by atoms with Crippen LogP contribution in [0.3, 0.4) is 0 Å². The molecular weight excluding hydrogens is 224 g/mol. The minimum atomic E-state index is 0.404. The molecule has 0 saturated heterocycles. The Hall–Kier alpha value is -1.19. The van der Waals surface area contributed by atoms with Gasteiger partial charge in [0, 0.05) is 13.6 Å². The monoisotopic (exact) mass is 250 g/mol. The van der Waals surface area contributed by atoms with Gasteiger partial charge in [-0.25, -0.2) is 0 Å². The molecule has 1 heterocycles. The molecule has 0 radical (unpaired) electrons. The summed E-state index contributed by atoms with van der Waals surface area (Å²) in [5.74, 6) is 1.65. The second-order valence-corrected chi connectivity index (χ2v) is 6.56. The number of hydrogen-bond acceptors (Lipinski definition) is 3. The predicted octanol–water partition coefficient (Wildman–Crippen LogP) is 2.66. The fourth-order valence-electron chi connectivity index (χ4n) is 3.11. The average Bonchev–Trinajstić information content (AvgIpc) is 2.52. The summed E-state index contributed by atoms with van der Waals surface area (Å²) in [6, 6.07) is 0. The van der Waals surface area contributed by atoms with Crippen LogP contribution in [0.2, 0.25) is 0 Å². The minimum absolute atomic E-state index is 0.404. The van der Waals surface area contributed by atoms with Gasteiger partial charge in [-0.1, -0.05) is 34.6 Å². The molecule has 1 aliphatic rings. The van der Waals surface area contributed by atoms with Gasteiger partial charge in [0.1, 0.15) is 5.82 Å². The van der Waals surface area contributed by atoms with Crippen LogP contribution in [0.15, 0.2) is 0 Å². The summed E-state index contributed by atoms with van der Waals surface area (Å²) in [6.07, 6.45) is 0.877. The Balaban J connectivity index is 2.07. The summed E-state index contributed by atoms with van der Waals surface area (Å²) >= 11 is 0. The van der Waals surface area contributed by atoms with Crippen molar-refractivity contribution >= 4 is 11.5 Å². The zero-order valence-corrected chi connectivity index (χ0v) is 12.5. The van der Waals surface area contributed by atoms with Gasteiger partial charge in [-0.05, 0) is 23.2 Å². The molecular formula is C14H26N4. The van der Waals surface area contributed by atoms with Gasteiger partial charge in [-0.2, -0.15) is 5.10 Å². The van der Waals surface area contributed by atoms with E-state index in [1.54, 1.807) is 0 Å². The highest BCUT2D eigenvalue weighted by molar-refractivity contribution is 5.65. The van der Waals surface area contributed by atoms with E-state index >= 15 is 0 Å². The quantitative estimate of drug-likeness (QED) is 0.863. The number of hydrogen-bond donors (Lipinski definition) is 2. The zero-order valence-electron chi connectivity index (χ0n) is 12.5. The van der Waals surface area contributed by atoms with Gasteiger partial charge >= 0.3 is 0 Å². The van der Waals surface area contributed by atoms with E-state index in [1.807, 2.05) is 11.7 Å². The highest BCUT2D eigenvalue weighted by atomic mass is 15.3. The number of aryl methyl sites for hydroxylation is 2. The van der Waals surface area contributed by atoms with Gasteiger partial charge in [-0.15, -0.1) is 0 Å². The lowest BCUT2D eigenvalue weighted by Crippen LogP contribution is -2.12. The molecule has 4 nitrogen and oxygen atoms in total. The summed E-state index contributed by atoms with van der Waals surface area (Å²) in [5.41, 5.74) is 8.70. The second-order valence-electron chi connectivity index (χ2n) is 6.56. The minimum Gasteiger partial charge on any atom is -0.394 e. The van der Waals surface area contributed by atoms with Crippen molar-refractivity contribution in [2.45, 2.75) is 41.0 Å². The Kier molecular flexibility index (Phi) is 2.87. The third-order valence-corrected chi connectivity index (χ3v) is 5.29. The maximum absolute atomic E-state index is 6.11. The van der Waals surface area contributed by atoms with Gasteiger partial charge < -0.3 is 11.1 Å². The molecule has 0 spiro atoms. The summed E-state index contributed by atoms with van der Waals surface area (Å²) in [6.45, 7) is 12.4. The summed E-state index contributed by atoms with van der Waals surface area (Å²) in [4.78, 5) is 0. The molecule has 0 atom stereocenters. The van der Waals surface area contributed by atoms with Crippen molar-refractivity contribution < 1.29 is 0 Å². The molecule has 0 bridgehead atoms. The largest absolute Gasteiger partial charge is 0.394 e. The molecule has 2 rings (SSSR count). The highest BCUT2D eigenvalue weighted by Crippen LogP contribution is 2.68. The first kappa shape index (κ1) is 13.2. The summed E-state index contributed by atoms with van der Waals surface area (Å²) in [5, 5.41) is 7.91. The molecule has 0 aromatic carbocycles. The molecule has 0 aliphatic heterocycles. The smallest absolute Gasteiger partial charge is 0.147 e. The number of anilines is 2. The summed E-state index contributed by atoms with van der Waals surface area (Å²) < 4.78 is 1.86. The molecule has 18 heavy (non-hydrogen) atoms. The molecule has 1 aromatic rings. The third-order valence-electron chi connectivity index (χ3n) is 5.29. The van der Waals surface area contributed by atoms with Gasteiger partial charge in [-0.3, -0.25) is 4.68 Å². The Morgan fingerprint density at radius 2 is 1.83 bits per heavy atom. The number of rotatable bonds is 4. The van der Waals surface area contributed by atoms with E-state index in [0.717, 1.165) is 30.2 Å². The highest BCUT2D eigenvalue weighted by Gasteiger charge is 2.64. The number of nitrogens with one attached hydrogen (secondary N) is 1. The van der Waals surface area contributed by atoms with Crippen molar-refractivity contribution in [3.8, 4) is 0 Å². The van der Waals surface area contributed by atoms with Crippen molar-refractivity contribution in [1.29, 1.82) is 0 Å². The molecule has 3 N–H and O–H groups in total. The van der Waals surface area contributed by atoms with E-state index in [4.69, 9.17) is 5.73 Å². The predicted molar refractivity (Wildman–Crippen MR) is 76.5 cm³/mol. The van der Waals surface area contributed by atoms with Crippen LogP contribution in [0.25, 0.3) is 0 Å². The van der Waals surface area contributed by atoms with Crippen molar-refractivity contribution in [2.24, 2.45) is 23.8 Å². The Labute approximate surface area is 110 Å². The van der Waals surface area contributed by atoms with E-state index in [1.165, 1.54) is 0 Å². The summed E-state index contributed by atoms with van der Waals surface area (Å²) in [7, 11) is 1.95. The molecule has 0 amide bonds. The molecule has 4 heteroatoms. The van der Waals surface area contributed by atoms with Gasteiger partial charge in [0.2, 0.25) is 0 Å². The van der Waals surface area contributed by atoms with Crippen molar-refractivity contribution in [3.05, 3.63) is 5.69 Å². The van der Waals surface area contributed by atoms with Crippen LogP contribution >= 0.6 is 0 Å². The fourth-order valence-corrected chi connectivity index (χ4v) is 3.11. The van der Waals surface area contributed by atoms with Crippen molar-refractivity contribution in [2.75, 3.05) is 17.6 Å². The van der Waals surface area contributed by atoms with Crippen LogP contribution in [0.4, 0.5) is 11.5 Å². The normalized spacial score (nSPS) is 21.0. The molecule has 1 fully saturated rings. The van der Waals surface area contributed by atoms with E-state index < -0.39 is 0 Å². The van der Waals surface area contributed by atoms with E-state index in [2.05, 4.69) is 45.0 Å². The van der Waals surface area contributed by atoms with Gasteiger partial charge in [0.15, 0.2) is 0 Å². The van der Waals surface area contributed by atoms with Crippen LogP contribution in [-0.2, 0) is 13.5 Å². The number of aromatic nitrogens is 2. The fraction of sp³-hybridized carbons (Fsp3) is 0.786. The molecule has 1 saturated carbocycles. The lowest BCUT2D eigenvalue weighted by Gasteiger charge is -2.08. The van der Waals surface area contributed by atoms with E-state index in [9.17, 15) is 0 Å². The second kappa shape index (κ2) is 3.90. The van der Waals surface area contributed by atoms with Crippen LogP contribution < -0.4 is 11.1 Å². The van der Waals surface area contributed by atoms with Crippen LogP contribution in [-0.4, -0.2) is 16.3 Å². The topological polar surface area (TPSA) is 55.9 Å². The third kappa shape index (κ3) is 1.70. The van der Waals surface area contributed by atoms with E-state index in [0.29, 0.717) is 16.7 Å². The first-order valence-electron chi connectivity index (χ1n) is 6.78. The Bertz CT molecular complexity index is 443. The Morgan fingerprint density at radius 1 is 1.28 bits per heavy atom. The zero-order chi connectivity index (χ0) is 13.7. The van der Waals surface area contributed by atoms with Crippen molar-refractivity contribution in [1.82, 2.24) is 9.78 Å². The first-order valence-corrected chi connectivity index (χ1v) is 6.78. The van der Waals surface area contributed by atoms with Crippen molar-refractivity contribution in [3.63, 3.8) is 0 Å². The first-order chi connectivity index (χ1) is 8.23.